The number of sulfonamides is 1. The topological polar surface area (TPSA) is 108 Å². The minimum Gasteiger partial charge on any atom is -0.490 e. The van der Waals surface area contributed by atoms with Gasteiger partial charge in [0.25, 0.3) is 15.9 Å². The minimum atomic E-state index is -3.91. The van der Waals surface area contributed by atoms with E-state index in [9.17, 15) is 18.3 Å². The standard InChI is InChI=1S/C36H47Cl2N3O6S/c1-24-9-13-30(14-10-24)48(44,45)39-29-12-16-34-31(19-29)36(43)41(26(3)23-42)20-25(2)35(46-17-7-6-8-27(4)47-34)22-40(5)21-28-11-15-32(37)33(38)18-28/h9-16,18-19,25-27,35,39,42H,6-8,17,20-23H2,1-5H3/t25-,26+,27-,35-/m1/s1. The van der Waals surface area contributed by atoms with Crippen molar-refractivity contribution in [1.82, 2.24) is 9.80 Å². The van der Waals surface area contributed by atoms with Crippen LogP contribution in [0.1, 0.15) is 61.5 Å². The molecule has 4 atom stereocenters. The van der Waals surface area contributed by atoms with Crippen LogP contribution in [0.25, 0.3) is 0 Å². The Balaban J connectivity index is 1.63. The molecule has 0 unspecified atom stereocenters. The lowest BCUT2D eigenvalue weighted by molar-refractivity contribution is -0.0177. The molecule has 0 saturated carbocycles. The van der Waals surface area contributed by atoms with Crippen molar-refractivity contribution >= 4 is 44.8 Å². The molecule has 4 rings (SSSR count). The van der Waals surface area contributed by atoms with Gasteiger partial charge in [0.15, 0.2) is 0 Å². The maximum atomic E-state index is 14.4. The van der Waals surface area contributed by atoms with E-state index in [-0.39, 0.29) is 46.8 Å². The van der Waals surface area contributed by atoms with Gasteiger partial charge in [0.2, 0.25) is 0 Å². The van der Waals surface area contributed by atoms with Gasteiger partial charge < -0.3 is 19.5 Å². The van der Waals surface area contributed by atoms with Crippen LogP contribution in [-0.2, 0) is 21.3 Å². The van der Waals surface area contributed by atoms with Gasteiger partial charge in [-0.05, 0) is 95.1 Å². The molecule has 3 aromatic rings. The quantitative estimate of drug-likeness (QED) is 0.245. The lowest BCUT2D eigenvalue weighted by Gasteiger charge is -2.36. The third kappa shape index (κ3) is 10.3. The minimum absolute atomic E-state index is 0.115. The fourth-order valence-electron chi connectivity index (χ4n) is 5.70. The van der Waals surface area contributed by atoms with Gasteiger partial charge >= 0.3 is 0 Å². The number of benzene rings is 3. The van der Waals surface area contributed by atoms with Crippen molar-refractivity contribution in [3.8, 4) is 5.75 Å². The van der Waals surface area contributed by atoms with E-state index in [0.29, 0.717) is 42.0 Å². The molecular weight excluding hydrogens is 673 g/mol. The van der Waals surface area contributed by atoms with Gasteiger partial charge in [-0.3, -0.25) is 14.4 Å². The van der Waals surface area contributed by atoms with Crippen molar-refractivity contribution in [3.05, 3.63) is 87.4 Å². The van der Waals surface area contributed by atoms with E-state index >= 15 is 0 Å². The molecule has 0 radical (unpaired) electrons. The second kappa shape index (κ2) is 17.2. The number of nitrogens with one attached hydrogen (secondary N) is 1. The summed E-state index contributed by atoms with van der Waals surface area (Å²) in [5, 5.41) is 11.3. The summed E-state index contributed by atoms with van der Waals surface area (Å²) in [6, 6.07) is 16.4. The Bertz CT molecular complexity index is 1640. The van der Waals surface area contributed by atoms with Crippen molar-refractivity contribution in [2.75, 3.05) is 38.1 Å². The molecular formula is C36H47Cl2N3O6S. The molecule has 262 valence electrons. The SMILES string of the molecule is Cc1ccc(S(=O)(=O)Nc2ccc3c(c2)C(=O)N([C@@H](C)CO)C[C@@H](C)[C@@H](CN(C)Cc2ccc(Cl)c(Cl)c2)OCCCC[C@@H](C)O3)cc1. The fourth-order valence-corrected chi connectivity index (χ4v) is 7.07. The molecule has 0 fully saturated rings. The first-order valence-corrected chi connectivity index (χ1v) is 18.6. The molecule has 3 aromatic carbocycles. The first kappa shape index (κ1) is 38.0. The van der Waals surface area contributed by atoms with E-state index in [1.807, 2.05) is 40.0 Å². The number of rotatable bonds is 9. The lowest BCUT2D eigenvalue weighted by Crippen LogP contribution is -2.47. The van der Waals surface area contributed by atoms with Crippen LogP contribution in [-0.4, -0.2) is 80.8 Å². The zero-order valence-corrected chi connectivity index (χ0v) is 30.6. The molecule has 1 amide bonds. The summed E-state index contributed by atoms with van der Waals surface area (Å²) < 4.78 is 41.8. The third-order valence-electron chi connectivity index (χ3n) is 8.56. The molecule has 1 aliphatic rings. The van der Waals surface area contributed by atoms with Crippen LogP contribution in [0.15, 0.2) is 65.6 Å². The predicted octanol–water partition coefficient (Wildman–Crippen LogP) is 7.03. The number of anilines is 1. The zero-order valence-electron chi connectivity index (χ0n) is 28.3. The highest BCUT2D eigenvalue weighted by Gasteiger charge is 2.31. The Morgan fingerprint density at radius 2 is 1.77 bits per heavy atom. The molecule has 12 heteroatoms. The van der Waals surface area contributed by atoms with Crippen LogP contribution in [0.3, 0.4) is 0 Å². The largest absolute Gasteiger partial charge is 0.490 e. The predicted molar refractivity (Wildman–Crippen MR) is 192 cm³/mol. The van der Waals surface area contributed by atoms with Gasteiger partial charge in [-0.15, -0.1) is 0 Å². The Morgan fingerprint density at radius 1 is 1.04 bits per heavy atom. The first-order valence-electron chi connectivity index (χ1n) is 16.3. The number of aryl methyl sites for hydroxylation is 1. The Hall–Kier alpha value is -2.86. The number of aliphatic hydroxyl groups is 1. The smallest absolute Gasteiger partial charge is 0.261 e. The summed E-state index contributed by atoms with van der Waals surface area (Å²) in [6.07, 6.45) is 2.03. The van der Waals surface area contributed by atoms with E-state index in [0.717, 1.165) is 30.4 Å². The number of likely N-dealkylation sites (N-methyl/N-ethyl adjacent to an activating group) is 1. The van der Waals surface area contributed by atoms with E-state index in [2.05, 4.69) is 9.62 Å². The average molecular weight is 721 g/mol. The number of carbonyl (C=O) groups excluding carboxylic acids is 1. The van der Waals surface area contributed by atoms with Crippen molar-refractivity contribution < 1.29 is 27.8 Å². The number of hydrogen-bond acceptors (Lipinski definition) is 7. The van der Waals surface area contributed by atoms with Crippen LogP contribution in [0.5, 0.6) is 5.75 Å². The number of amides is 1. The van der Waals surface area contributed by atoms with Crippen molar-refractivity contribution in [3.63, 3.8) is 0 Å². The lowest BCUT2D eigenvalue weighted by atomic mass is 10.0. The summed E-state index contributed by atoms with van der Waals surface area (Å²) in [7, 11) is -1.90. The molecule has 48 heavy (non-hydrogen) atoms. The van der Waals surface area contributed by atoms with Crippen LogP contribution in [0.4, 0.5) is 5.69 Å². The highest BCUT2D eigenvalue weighted by Crippen LogP contribution is 2.30. The average Bonchev–Trinajstić information content (AvgIpc) is 3.04. The third-order valence-corrected chi connectivity index (χ3v) is 10.7. The second-order valence-corrected chi connectivity index (χ2v) is 15.4. The van der Waals surface area contributed by atoms with Crippen LogP contribution in [0.2, 0.25) is 10.0 Å². The molecule has 0 aliphatic carbocycles. The van der Waals surface area contributed by atoms with Crippen molar-refractivity contribution in [2.24, 2.45) is 5.92 Å². The number of ether oxygens (including phenoxy) is 2. The Labute approximate surface area is 295 Å². The highest BCUT2D eigenvalue weighted by molar-refractivity contribution is 7.92. The molecule has 0 aromatic heterocycles. The van der Waals surface area contributed by atoms with Crippen LogP contribution >= 0.6 is 23.2 Å². The maximum Gasteiger partial charge on any atom is 0.261 e. The molecule has 9 nitrogen and oxygen atoms in total. The number of hydrogen-bond donors (Lipinski definition) is 2. The molecule has 0 saturated heterocycles. The van der Waals surface area contributed by atoms with Gasteiger partial charge in [-0.1, -0.05) is 53.9 Å². The summed E-state index contributed by atoms with van der Waals surface area (Å²) in [6.45, 7) is 9.48. The molecule has 0 bridgehead atoms. The number of aliphatic hydroxyl groups excluding tert-OH is 1. The molecule has 1 heterocycles. The number of carbonyl (C=O) groups is 1. The van der Waals surface area contributed by atoms with E-state index in [1.54, 1.807) is 54.3 Å². The molecule has 2 N–H and O–H groups in total. The van der Waals surface area contributed by atoms with Gasteiger partial charge in [-0.25, -0.2) is 8.42 Å². The summed E-state index contributed by atoms with van der Waals surface area (Å²) in [5.74, 6) is -0.129. The summed E-state index contributed by atoms with van der Waals surface area (Å²) in [4.78, 5) is 18.3. The van der Waals surface area contributed by atoms with Crippen molar-refractivity contribution in [2.45, 2.75) is 76.6 Å². The summed E-state index contributed by atoms with van der Waals surface area (Å²) in [5.41, 5.74) is 2.40. The van der Waals surface area contributed by atoms with Crippen LogP contribution < -0.4 is 9.46 Å². The highest BCUT2D eigenvalue weighted by atomic mass is 35.5. The van der Waals surface area contributed by atoms with E-state index in [4.69, 9.17) is 32.7 Å². The molecule has 1 aliphatic heterocycles. The zero-order chi connectivity index (χ0) is 35.0. The van der Waals surface area contributed by atoms with E-state index < -0.39 is 16.1 Å². The van der Waals surface area contributed by atoms with Crippen LogP contribution in [0, 0.1) is 12.8 Å². The van der Waals surface area contributed by atoms with E-state index in [1.165, 1.54) is 6.07 Å². The second-order valence-electron chi connectivity index (χ2n) is 12.9. The number of halogens is 2. The normalized spacial score (nSPS) is 20.5. The molecule has 0 spiro atoms. The fraction of sp³-hybridized carbons (Fsp3) is 0.472. The van der Waals surface area contributed by atoms with Gasteiger partial charge in [0.1, 0.15) is 5.75 Å². The Morgan fingerprint density at radius 3 is 2.46 bits per heavy atom. The maximum absolute atomic E-state index is 14.4. The van der Waals surface area contributed by atoms with Gasteiger partial charge in [0.05, 0.1) is 45.4 Å². The monoisotopic (exact) mass is 719 g/mol. The number of fused-ring (bicyclic) bond motifs is 1. The summed E-state index contributed by atoms with van der Waals surface area (Å²) >= 11 is 12.4. The van der Waals surface area contributed by atoms with Gasteiger partial charge in [-0.2, -0.15) is 0 Å². The van der Waals surface area contributed by atoms with Gasteiger partial charge in [0, 0.05) is 37.8 Å². The number of nitrogens with zero attached hydrogens (tertiary/aromatic N) is 2. The Kier molecular flexibility index (Phi) is 13.6. The van der Waals surface area contributed by atoms with Crippen molar-refractivity contribution in [1.29, 1.82) is 0 Å². The first-order chi connectivity index (χ1) is 22.8.